The van der Waals surface area contributed by atoms with Gasteiger partial charge in [-0.2, -0.15) is 0 Å². The largest absolute Gasteiger partial charge is 0.384 e. The number of amidine groups is 1. The molecule has 0 unspecified atom stereocenters. The van der Waals surface area contributed by atoms with E-state index in [0.29, 0.717) is 0 Å². The van der Waals surface area contributed by atoms with E-state index < -0.39 is 6.03 Å². The van der Waals surface area contributed by atoms with Crippen LogP contribution in [0.3, 0.4) is 0 Å². The number of urea groups is 1. The number of carbonyl (C=O) groups excluding carboxylic acids is 1. The summed E-state index contributed by atoms with van der Waals surface area (Å²) in [6.07, 6.45) is 0. The minimum atomic E-state index is -0.833. The Morgan fingerprint density at radius 2 is 1.46 bits per heavy atom. The average Bonchev–Trinajstić information content (AvgIpc) is 2.05. The Labute approximate surface area is 76.0 Å². The van der Waals surface area contributed by atoms with Gasteiger partial charge < -0.3 is 17.2 Å². The van der Waals surface area contributed by atoms with Gasteiger partial charge in [-0.1, -0.05) is 30.3 Å². The fourth-order valence-electron chi connectivity index (χ4n) is 0.618. The second kappa shape index (κ2) is 5.59. The first-order valence-corrected chi connectivity index (χ1v) is 3.48. The third-order valence-electron chi connectivity index (χ3n) is 1.08. The number of nitrogens with one attached hydrogen (secondary N) is 1. The molecule has 13 heavy (non-hydrogen) atoms. The van der Waals surface area contributed by atoms with Gasteiger partial charge in [-0.15, -0.1) is 0 Å². The molecule has 70 valence electrons. The number of carbonyl (C=O) groups is 1. The summed E-state index contributed by atoms with van der Waals surface area (Å²) < 4.78 is 0. The van der Waals surface area contributed by atoms with Crippen LogP contribution in [-0.4, -0.2) is 11.9 Å². The molecule has 2 amide bonds. The van der Waals surface area contributed by atoms with Crippen LogP contribution >= 0.6 is 0 Å². The van der Waals surface area contributed by atoms with Crippen molar-refractivity contribution < 1.29 is 4.79 Å². The highest BCUT2D eigenvalue weighted by molar-refractivity contribution is 5.94. The summed E-state index contributed by atoms with van der Waals surface area (Å²) in [5.41, 5.74) is 14.5. The fourth-order valence-corrected chi connectivity index (χ4v) is 0.618. The summed E-state index contributed by atoms with van der Waals surface area (Å²) in [4.78, 5) is 9.00. The molecule has 0 aliphatic rings. The van der Waals surface area contributed by atoms with Gasteiger partial charge in [-0.25, -0.2) is 4.79 Å². The van der Waals surface area contributed by atoms with Crippen molar-refractivity contribution in [3.63, 3.8) is 0 Å². The van der Waals surface area contributed by atoms with Crippen molar-refractivity contribution in [2.45, 2.75) is 0 Å². The third-order valence-corrected chi connectivity index (χ3v) is 1.08. The second-order valence-electron chi connectivity index (χ2n) is 2.18. The number of primary amides is 2. The Balaban J connectivity index is 0.000000310. The number of benzene rings is 1. The van der Waals surface area contributed by atoms with E-state index in [1.165, 1.54) is 0 Å². The minimum Gasteiger partial charge on any atom is -0.384 e. The molecular weight excluding hydrogens is 168 g/mol. The maximum atomic E-state index is 9.00. The van der Waals surface area contributed by atoms with Crippen LogP contribution in [-0.2, 0) is 0 Å². The molecular formula is C8H12N4O. The Morgan fingerprint density at radius 1 is 1.08 bits per heavy atom. The topological polar surface area (TPSA) is 119 Å². The van der Waals surface area contributed by atoms with E-state index in [9.17, 15) is 0 Å². The lowest BCUT2D eigenvalue weighted by molar-refractivity contribution is 0.256. The van der Waals surface area contributed by atoms with E-state index >= 15 is 0 Å². The number of amides is 2. The van der Waals surface area contributed by atoms with E-state index in [0.717, 1.165) is 5.56 Å². The quantitative estimate of drug-likeness (QED) is 0.359. The molecule has 5 heteroatoms. The van der Waals surface area contributed by atoms with Crippen molar-refractivity contribution in [3.05, 3.63) is 35.9 Å². The van der Waals surface area contributed by atoms with Crippen molar-refractivity contribution in [3.8, 4) is 0 Å². The van der Waals surface area contributed by atoms with Crippen LogP contribution in [0.2, 0.25) is 0 Å². The molecule has 0 heterocycles. The minimum absolute atomic E-state index is 0.121. The highest BCUT2D eigenvalue weighted by atomic mass is 16.2. The molecule has 0 atom stereocenters. The summed E-state index contributed by atoms with van der Waals surface area (Å²) in [5, 5.41) is 7.01. The van der Waals surface area contributed by atoms with Crippen molar-refractivity contribution in [2.24, 2.45) is 17.2 Å². The Bertz CT molecular complexity index is 279. The molecule has 0 spiro atoms. The molecule has 1 aromatic carbocycles. The summed E-state index contributed by atoms with van der Waals surface area (Å²) in [5.74, 6) is 0.121. The van der Waals surface area contributed by atoms with Crippen LogP contribution in [0.25, 0.3) is 0 Å². The first kappa shape index (κ1) is 11.0. The zero-order chi connectivity index (χ0) is 10.3. The van der Waals surface area contributed by atoms with Gasteiger partial charge in [0.2, 0.25) is 0 Å². The van der Waals surface area contributed by atoms with Crippen LogP contribution in [0.1, 0.15) is 5.56 Å². The van der Waals surface area contributed by atoms with Crippen molar-refractivity contribution in [1.82, 2.24) is 0 Å². The second-order valence-corrected chi connectivity index (χ2v) is 2.18. The standard InChI is InChI=1S/C7H8N2.CH4N2O/c8-7(9)6-4-2-1-3-5-6;2-1(3)4/h1-5H,(H3,8,9);(H4,2,3,4). The number of hydrogen-bond acceptors (Lipinski definition) is 2. The zero-order valence-corrected chi connectivity index (χ0v) is 7.03. The smallest absolute Gasteiger partial charge is 0.309 e. The first-order valence-electron chi connectivity index (χ1n) is 3.48. The van der Waals surface area contributed by atoms with Crippen molar-refractivity contribution in [1.29, 1.82) is 5.41 Å². The molecule has 0 aliphatic carbocycles. The van der Waals surface area contributed by atoms with Gasteiger partial charge in [0.1, 0.15) is 5.84 Å². The summed E-state index contributed by atoms with van der Waals surface area (Å²) in [6.45, 7) is 0. The van der Waals surface area contributed by atoms with Gasteiger partial charge in [0.15, 0.2) is 0 Å². The number of nitrogen functional groups attached to an aromatic ring is 1. The number of nitrogens with two attached hydrogens (primary N) is 3. The Morgan fingerprint density at radius 3 is 1.69 bits per heavy atom. The maximum absolute atomic E-state index is 9.00. The lowest BCUT2D eigenvalue weighted by atomic mass is 10.2. The van der Waals surface area contributed by atoms with Crippen molar-refractivity contribution in [2.75, 3.05) is 0 Å². The SMILES string of the molecule is N=C(N)c1ccccc1.NC(N)=O. The Hall–Kier alpha value is -2.04. The van der Waals surface area contributed by atoms with Gasteiger partial charge in [0, 0.05) is 5.56 Å². The summed E-state index contributed by atoms with van der Waals surface area (Å²) >= 11 is 0. The van der Waals surface area contributed by atoms with E-state index in [4.69, 9.17) is 15.9 Å². The molecule has 0 aliphatic heterocycles. The molecule has 7 N–H and O–H groups in total. The first-order chi connectivity index (χ1) is 6.04. The molecule has 0 radical (unpaired) electrons. The monoisotopic (exact) mass is 180 g/mol. The van der Waals surface area contributed by atoms with Gasteiger partial charge in [0.05, 0.1) is 0 Å². The molecule has 0 aromatic heterocycles. The average molecular weight is 180 g/mol. The molecule has 0 saturated carbocycles. The predicted octanol–water partition coefficient (Wildman–Crippen LogP) is -0.00553. The molecule has 5 nitrogen and oxygen atoms in total. The Kier molecular flexibility index (Phi) is 4.71. The lowest BCUT2D eigenvalue weighted by Gasteiger charge is -1.93. The number of rotatable bonds is 1. The molecule has 0 fully saturated rings. The molecule has 0 saturated heterocycles. The summed E-state index contributed by atoms with van der Waals surface area (Å²) in [6, 6.07) is 8.39. The fraction of sp³-hybridized carbons (Fsp3) is 0. The van der Waals surface area contributed by atoms with Crippen LogP contribution < -0.4 is 17.2 Å². The normalized spacial score (nSPS) is 8.00. The highest BCUT2D eigenvalue weighted by Crippen LogP contribution is 1.94. The van der Waals surface area contributed by atoms with Crippen LogP contribution in [0.4, 0.5) is 4.79 Å². The van der Waals surface area contributed by atoms with Crippen molar-refractivity contribution >= 4 is 11.9 Å². The van der Waals surface area contributed by atoms with Crippen LogP contribution in [0.15, 0.2) is 30.3 Å². The lowest BCUT2D eigenvalue weighted by Crippen LogP contribution is -2.18. The van der Waals surface area contributed by atoms with E-state index in [1.807, 2.05) is 30.3 Å². The van der Waals surface area contributed by atoms with Crippen LogP contribution in [0.5, 0.6) is 0 Å². The highest BCUT2D eigenvalue weighted by Gasteiger charge is 1.89. The molecule has 1 aromatic rings. The van der Waals surface area contributed by atoms with E-state index in [-0.39, 0.29) is 5.84 Å². The van der Waals surface area contributed by atoms with Gasteiger partial charge in [-0.05, 0) is 0 Å². The maximum Gasteiger partial charge on any atom is 0.309 e. The molecule has 1 rings (SSSR count). The third kappa shape index (κ3) is 6.36. The number of hydrogen-bond donors (Lipinski definition) is 4. The van der Waals surface area contributed by atoms with E-state index in [2.05, 4.69) is 11.5 Å². The zero-order valence-electron chi connectivity index (χ0n) is 7.03. The summed E-state index contributed by atoms with van der Waals surface area (Å²) in [7, 11) is 0. The van der Waals surface area contributed by atoms with Gasteiger partial charge in [-0.3, -0.25) is 5.41 Å². The predicted molar refractivity (Wildman–Crippen MR) is 51.2 cm³/mol. The van der Waals surface area contributed by atoms with E-state index in [1.54, 1.807) is 0 Å². The van der Waals surface area contributed by atoms with Gasteiger partial charge in [0.25, 0.3) is 0 Å². The van der Waals surface area contributed by atoms with Crippen LogP contribution in [0, 0.1) is 5.41 Å². The molecule has 0 bridgehead atoms. The van der Waals surface area contributed by atoms with Gasteiger partial charge >= 0.3 is 6.03 Å².